The van der Waals surface area contributed by atoms with Crippen molar-refractivity contribution >= 4 is 29.0 Å². The standard InChI is InChI=1S/C15H13ClN2O5/c1-9(5-13(19)14-3-2-4-23-14)17-15(20)10-6-11(16)8-12(7-10)18(21)22/h2-4,6-9H,5H2,1H3,(H,17,20)/t9-/m1/s1. The van der Waals surface area contributed by atoms with Crippen LogP contribution in [0.15, 0.2) is 41.0 Å². The molecule has 0 saturated heterocycles. The maximum absolute atomic E-state index is 12.1. The number of carbonyl (C=O) groups is 2. The molecule has 1 heterocycles. The summed E-state index contributed by atoms with van der Waals surface area (Å²) in [5, 5.41) is 13.5. The van der Waals surface area contributed by atoms with Crippen LogP contribution < -0.4 is 5.32 Å². The Labute approximate surface area is 136 Å². The van der Waals surface area contributed by atoms with Crippen LogP contribution in [0.4, 0.5) is 5.69 Å². The Morgan fingerprint density at radius 1 is 1.39 bits per heavy atom. The lowest BCUT2D eigenvalue weighted by Gasteiger charge is -2.12. The van der Waals surface area contributed by atoms with Crippen molar-refractivity contribution in [2.24, 2.45) is 0 Å². The van der Waals surface area contributed by atoms with Crippen molar-refractivity contribution in [3.8, 4) is 0 Å². The molecule has 2 rings (SSSR count). The van der Waals surface area contributed by atoms with Crippen LogP contribution in [0, 0.1) is 10.1 Å². The summed E-state index contributed by atoms with van der Waals surface area (Å²) in [4.78, 5) is 34.2. The van der Waals surface area contributed by atoms with Gasteiger partial charge in [0, 0.05) is 35.2 Å². The number of ketones is 1. The number of rotatable bonds is 6. The van der Waals surface area contributed by atoms with Crippen molar-refractivity contribution in [3.63, 3.8) is 0 Å². The zero-order chi connectivity index (χ0) is 17.0. The van der Waals surface area contributed by atoms with E-state index in [9.17, 15) is 19.7 Å². The van der Waals surface area contributed by atoms with E-state index in [1.165, 1.54) is 18.4 Å². The monoisotopic (exact) mass is 336 g/mol. The van der Waals surface area contributed by atoms with E-state index < -0.39 is 16.9 Å². The van der Waals surface area contributed by atoms with E-state index >= 15 is 0 Å². The molecule has 1 amide bonds. The number of non-ortho nitro benzene ring substituents is 1. The second-order valence-corrected chi connectivity index (χ2v) is 5.37. The molecule has 0 spiro atoms. The molecule has 1 aromatic heterocycles. The van der Waals surface area contributed by atoms with Crippen LogP contribution in [0.2, 0.25) is 5.02 Å². The fourth-order valence-corrected chi connectivity index (χ4v) is 2.21. The van der Waals surface area contributed by atoms with Crippen molar-refractivity contribution in [3.05, 3.63) is 63.1 Å². The number of furan rings is 1. The number of nitro groups is 1. The summed E-state index contributed by atoms with van der Waals surface area (Å²) in [7, 11) is 0. The fraction of sp³-hybridized carbons (Fsp3) is 0.200. The summed E-state index contributed by atoms with van der Waals surface area (Å²) in [6.07, 6.45) is 1.43. The lowest BCUT2D eigenvalue weighted by Crippen LogP contribution is -2.34. The summed E-state index contributed by atoms with van der Waals surface area (Å²) in [5.74, 6) is -0.584. The Balaban J connectivity index is 2.04. The van der Waals surface area contributed by atoms with Crippen molar-refractivity contribution < 1.29 is 18.9 Å². The van der Waals surface area contributed by atoms with Gasteiger partial charge in [-0.3, -0.25) is 19.7 Å². The highest BCUT2D eigenvalue weighted by Gasteiger charge is 2.18. The Morgan fingerprint density at radius 3 is 2.74 bits per heavy atom. The first-order valence-electron chi connectivity index (χ1n) is 6.69. The number of nitro benzene ring substituents is 1. The Kier molecular flexibility index (Phi) is 5.13. The van der Waals surface area contributed by atoms with Gasteiger partial charge in [-0.25, -0.2) is 0 Å². The van der Waals surface area contributed by atoms with Crippen LogP contribution in [-0.4, -0.2) is 22.7 Å². The predicted molar refractivity (Wildman–Crippen MR) is 82.7 cm³/mol. The molecule has 0 bridgehead atoms. The zero-order valence-electron chi connectivity index (χ0n) is 12.1. The normalized spacial score (nSPS) is 11.7. The van der Waals surface area contributed by atoms with E-state index in [0.717, 1.165) is 12.1 Å². The minimum atomic E-state index is -0.632. The lowest BCUT2D eigenvalue weighted by atomic mass is 10.1. The Hall–Kier alpha value is -2.67. The zero-order valence-corrected chi connectivity index (χ0v) is 12.9. The molecule has 0 aliphatic heterocycles. The highest BCUT2D eigenvalue weighted by atomic mass is 35.5. The van der Waals surface area contributed by atoms with Gasteiger partial charge in [0.05, 0.1) is 11.2 Å². The van der Waals surface area contributed by atoms with Gasteiger partial charge < -0.3 is 9.73 Å². The third-order valence-corrected chi connectivity index (χ3v) is 3.24. The first-order valence-corrected chi connectivity index (χ1v) is 7.07. The molecule has 2 aromatic rings. The molecule has 7 nitrogen and oxygen atoms in total. The fourth-order valence-electron chi connectivity index (χ4n) is 1.98. The molecule has 120 valence electrons. The predicted octanol–water partition coefficient (Wildman–Crippen LogP) is 3.23. The number of nitrogens with zero attached hydrogens (tertiary/aromatic N) is 1. The largest absolute Gasteiger partial charge is 0.461 e. The summed E-state index contributed by atoms with van der Waals surface area (Å²) in [6.45, 7) is 1.65. The minimum Gasteiger partial charge on any atom is -0.461 e. The number of carbonyl (C=O) groups excluding carboxylic acids is 2. The average Bonchev–Trinajstić information content (AvgIpc) is 3.00. The quantitative estimate of drug-likeness (QED) is 0.495. The molecule has 0 radical (unpaired) electrons. The second kappa shape index (κ2) is 7.06. The van der Waals surface area contributed by atoms with Gasteiger partial charge in [0.1, 0.15) is 0 Å². The van der Waals surface area contributed by atoms with Crippen LogP contribution >= 0.6 is 11.6 Å². The number of hydrogen-bond donors (Lipinski definition) is 1. The summed E-state index contributed by atoms with van der Waals surface area (Å²) >= 11 is 5.78. The molecule has 1 atom stereocenters. The molecular formula is C15H13ClN2O5. The minimum absolute atomic E-state index is 0.0436. The van der Waals surface area contributed by atoms with Crippen molar-refractivity contribution in [2.75, 3.05) is 0 Å². The maximum atomic E-state index is 12.1. The van der Waals surface area contributed by atoms with Crippen molar-refractivity contribution in [1.82, 2.24) is 5.32 Å². The molecular weight excluding hydrogens is 324 g/mol. The van der Waals surface area contributed by atoms with E-state index in [-0.39, 0.29) is 34.2 Å². The van der Waals surface area contributed by atoms with E-state index in [4.69, 9.17) is 16.0 Å². The molecule has 0 unspecified atom stereocenters. The first kappa shape index (κ1) is 16.7. The van der Waals surface area contributed by atoms with Crippen molar-refractivity contribution in [2.45, 2.75) is 19.4 Å². The van der Waals surface area contributed by atoms with Gasteiger partial charge in [0.15, 0.2) is 11.5 Å². The molecule has 0 aliphatic carbocycles. The highest BCUT2D eigenvalue weighted by Crippen LogP contribution is 2.21. The van der Waals surface area contributed by atoms with Gasteiger partial charge in [-0.1, -0.05) is 11.6 Å². The molecule has 1 N–H and O–H groups in total. The maximum Gasteiger partial charge on any atom is 0.271 e. The summed E-state index contributed by atoms with van der Waals surface area (Å²) in [6, 6.07) is 6.27. The van der Waals surface area contributed by atoms with Gasteiger partial charge in [-0.05, 0) is 25.1 Å². The first-order chi connectivity index (χ1) is 10.9. The molecule has 0 aliphatic rings. The lowest BCUT2D eigenvalue weighted by molar-refractivity contribution is -0.384. The number of benzene rings is 1. The van der Waals surface area contributed by atoms with E-state index in [1.807, 2.05) is 0 Å². The summed E-state index contributed by atoms with van der Waals surface area (Å²) < 4.78 is 4.99. The number of nitrogens with one attached hydrogen (secondary N) is 1. The molecule has 1 aromatic carbocycles. The van der Waals surface area contributed by atoms with Crippen molar-refractivity contribution in [1.29, 1.82) is 0 Å². The number of Topliss-reactive ketones (excluding diaryl/α,β-unsaturated/α-hetero) is 1. The smallest absolute Gasteiger partial charge is 0.271 e. The number of halogens is 1. The molecule has 8 heteroatoms. The van der Waals surface area contributed by atoms with Crippen LogP contribution in [0.1, 0.15) is 34.3 Å². The van der Waals surface area contributed by atoms with Gasteiger partial charge in [-0.2, -0.15) is 0 Å². The Bertz CT molecular complexity index is 742. The number of hydrogen-bond acceptors (Lipinski definition) is 5. The van der Waals surface area contributed by atoms with Crippen LogP contribution in [-0.2, 0) is 0 Å². The number of amides is 1. The van der Waals surface area contributed by atoms with E-state index in [0.29, 0.717) is 0 Å². The molecule has 0 fully saturated rings. The second-order valence-electron chi connectivity index (χ2n) is 4.93. The SMILES string of the molecule is C[C@H](CC(=O)c1ccco1)NC(=O)c1cc(Cl)cc([N+](=O)[O-])c1. The topological polar surface area (TPSA) is 102 Å². The van der Waals surface area contributed by atoms with Crippen LogP contribution in [0.3, 0.4) is 0 Å². The van der Waals surface area contributed by atoms with E-state index in [1.54, 1.807) is 13.0 Å². The van der Waals surface area contributed by atoms with Gasteiger partial charge in [0.2, 0.25) is 0 Å². The Morgan fingerprint density at radius 2 is 2.13 bits per heavy atom. The highest BCUT2D eigenvalue weighted by molar-refractivity contribution is 6.31. The van der Waals surface area contributed by atoms with Gasteiger partial charge >= 0.3 is 0 Å². The molecule has 0 saturated carbocycles. The summed E-state index contributed by atoms with van der Waals surface area (Å²) in [5.41, 5.74) is -0.219. The van der Waals surface area contributed by atoms with Crippen LogP contribution in [0.25, 0.3) is 0 Å². The average molecular weight is 337 g/mol. The molecule has 23 heavy (non-hydrogen) atoms. The van der Waals surface area contributed by atoms with Crippen LogP contribution in [0.5, 0.6) is 0 Å². The third kappa shape index (κ3) is 4.40. The van der Waals surface area contributed by atoms with Gasteiger partial charge in [-0.15, -0.1) is 0 Å². The van der Waals surface area contributed by atoms with E-state index in [2.05, 4.69) is 5.32 Å². The van der Waals surface area contributed by atoms with Gasteiger partial charge in [0.25, 0.3) is 11.6 Å². The third-order valence-electron chi connectivity index (χ3n) is 3.02.